The number of hydrogen-bond acceptors (Lipinski definition) is 5. The van der Waals surface area contributed by atoms with Crippen molar-refractivity contribution in [3.05, 3.63) is 0 Å². The Kier molecular flexibility index (Phi) is 3.92. The van der Waals surface area contributed by atoms with Gasteiger partial charge in [-0.05, 0) is 6.92 Å². The third kappa shape index (κ3) is 7.93. The Balaban J connectivity index is 3.49. The highest BCUT2D eigenvalue weighted by atomic mass is 32.2. The third-order valence-electron chi connectivity index (χ3n) is 0.652. The molecule has 0 aliphatic carbocycles. The molecule has 0 aromatic carbocycles. The molecule has 0 heterocycles. The van der Waals surface area contributed by atoms with Gasteiger partial charge in [-0.3, -0.25) is 5.41 Å². The smallest absolute Gasteiger partial charge is 0.0954 e. The van der Waals surface area contributed by atoms with Crippen LogP contribution in [-0.4, -0.2) is 29.5 Å². The Morgan fingerprint density at radius 1 is 1.70 bits per heavy atom. The lowest BCUT2D eigenvalue weighted by atomic mass is 10.9. The van der Waals surface area contributed by atoms with E-state index in [1.165, 1.54) is 0 Å². The van der Waals surface area contributed by atoms with Crippen LogP contribution < -0.4 is 0 Å². The molecule has 0 radical (unpaired) electrons. The molecule has 0 aliphatic rings. The minimum absolute atomic E-state index is 0.182. The zero-order chi connectivity index (χ0) is 8.20. The highest BCUT2D eigenvalue weighted by Gasteiger charge is 1.95. The fourth-order valence-electron chi connectivity index (χ4n) is 0.297. The van der Waals surface area contributed by atoms with E-state index in [1.807, 2.05) is 0 Å². The third-order valence-corrected chi connectivity index (χ3v) is 2.46. The lowest BCUT2D eigenvalue weighted by Crippen LogP contribution is -2.07. The molecule has 0 rings (SSSR count). The Morgan fingerprint density at radius 2 is 2.20 bits per heavy atom. The van der Waals surface area contributed by atoms with Crippen LogP contribution in [0, 0.1) is 5.41 Å². The van der Waals surface area contributed by atoms with Crippen molar-refractivity contribution in [3.63, 3.8) is 0 Å². The molecule has 0 bridgehead atoms. The lowest BCUT2D eigenvalue weighted by Gasteiger charge is -2.04. The fraction of sp³-hybridized carbons (Fsp3) is 0.750. The van der Waals surface area contributed by atoms with Crippen LogP contribution in [0.15, 0.2) is 0 Å². The van der Waals surface area contributed by atoms with E-state index in [9.17, 15) is 13.0 Å². The average Bonchev–Trinajstić information content (AvgIpc) is 1.59. The van der Waals surface area contributed by atoms with E-state index in [0.717, 1.165) is 11.8 Å². The van der Waals surface area contributed by atoms with Crippen LogP contribution in [0.25, 0.3) is 0 Å². The molecule has 0 atom stereocenters. The summed E-state index contributed by atoms with van der Waals surface area (Å²) in [5, 5.41) is 7.19. The van der Waals surface area contributed by atoms with Crippen LogP contribution >= 0.6 is 11.8 Å². The Bertz CT molecular complexity index is 209. The minimum Gasteiger partial charge on any atom is -0.748 e. The minimum atomic E-state index is -4.09. The van der Waals surface area contributed by atoms with Crippen LogP contribution in [0.3, 0.4) is 0 Å². The molecule has 0 aromatic rings. The molecule has 0 saturated heterocycles. The van der Waals surface area contributed by atoms with Crippen LogP contribution in [0.1, 0.15) is 6.92 Å². The summed E-state index contributed by atoms with van der Waals surface area (Å²) in [4.78, 5) is 0. The predicted molar refractivity (Wildman–Crippen MR) is 40.4 cm³/mol. The second-order valence-electron chi connectivity index (χ2n) is 1.67. The second-order valence-corrected chi connectivity index (χ2v) is 4.50. The van der Waals surface area contributed by atoms with Crippen molar-refractivity contribution < 1.29 is 13.0 Å². The SMILES string of the molecule is CC(=N)SCCS(=O)(=O)[O-]. The van der Waals surface area contributed by atoms with E-state index in [2.05, 4.69) is 0 Å². The monoisotopic (exact) mass is 182 g/mol. The Morgan fingerprint density at radius 3 is 2.50 bits per heavy atom. The highest BCUT2D eigenvalue weighted by Crippen LogP contribution is 2.01. The first-order valence-electron chi connectivity index (χ1n) is 2.53. The van der Waals surface area contributed by atoms with Crippen molar-refractivity contribution >= 4 is 26.9 Å². The van der Waals surface area contributed by atoms with Crippen molar-refractivity contribution in [2.75, 3.05) is 11.5 Å². The van der Waals surface area contributed by atoms with Gasteiger partial charge < -0.3 is 4.55 Å². The van der Waals surface area contributed by atoms with E-state index in [0.29, 0.717) is 5.04 Å². The average molecular weight is 182 g/mol. The summed E-state index contributed by atoms with van der Waals surface area (Å²) < 4.78 is 29.9. The quantitative estimate of drug-likeness (QED) is 0.385. The summed E-state index contributed by atoms with van der Waals surface area (Å²) in [6.07, 6.45) is 0. The molecule has 0 aliphatic heterocycles. The van der Waals surface area contributed by atoms with Crippen LogP contribution in [0.4, 0.5) is 0 Å². The van der Waals surface area contributed by atoms with Gasteiger partial charge in [0.15, 0.2) is 0 Å². The molecule has 0 saturated carbocycles. The highest BCUT2D eigenvalue weighted by molar-refractivity contribution is 8.14. The summed E-state index contributed by atoms with van der Waals surface area (Å²) in [7, 11) is -4.09. The topological polar surface area (TPSA) is 81.0 Å². The predicted octanol–water partition coefficient (Wildman–Crippen LogP) is 0.262. The summed E-state index contributed by atoms with van der Waals surface area (Å²) in [6.45, 7) is 1.54. The number of hydrogen-bond donors (Lipinski definition) is 1. The Labute approximate surface area is 64.3 Å². The molecule has 0 spiro atoms. The van der Waals surface area contributed by atoms with E-state index in [-0.39, 0.29) is 5.75 Å². The molecule has 0 unspecified atom stereocenters. The summed E-state index contributed by atoms with van der Waals surface area (Å²) >= 11 is 1.06. The van der Waals surface area contributed by atoms with Gasteiger partial charge in [0.25, 0.3) is 0 Å². The molecule has 0 fully saturated rings. The summed E-state index contributed by atoms with van der Waals surface area (Å²) in [6, 6.07) is 0. The van der Waals surface area contributed by atoms with E-state index < -0.39 is 15.9 Å². The van der Waals surface area contributed by atoms with Crippen molar-refractivity contribution in [1.29, 1.82) is 5.41 Å². The van der Waals surface area contributed by atoms with E-state index >= 15 is 0 Å². The van der Waals surface area contributed by atoms with Crippen LogP contribution in [0.5, 0.6) is 0 Å². The molecular formula is C4H8NO3S2-. The zero-order valence-corrected chi connectivity index (χ0v) is 7.09. The Hall–Kier alpha value is -0.0700. The fourth-order valence-corrected chi connectivity index (χ4v) is 1.75. The van der Waals surface area contributed by atoms with Gasteiger partial charge in [-0.2, -0.15) is 0 Å². The van der Waals surface area contributed by atoms with E-state index in [1.54, 1.807) is 6.92 Å². The summed E-state index contributed by atoms with van der Waals surface area (Å²) in [5.41, 5.74) is 0. The molecule has 10 heavy (non-hydrogen) atoms. The normalized spacial score (nSPS) is 11.4. The van der Waals surface area contributed by atoms with Gasteiger partial charge in [-0.15, -0.1) is 11.8 Å². The summed E-state index contributed by atoms with van der Waals surface area (Å²) in [5.74, 6) is -0.213. The van der Waals surface area contributed by atoms with Crippen molar-refractivity contribution in [2.24, 2.45) is 0 Å². The maximum Gasteiger partial charge on any atom is 0.0954 e. The van der Waals surface area contributed by atoms with Gasteiger partial charge in [0.1, 0.15) is 0 Å². The van der Waals surface area contributed by atoms with Gasteiger partial charge in [0.2, 0.25) is 0 Å². The maximum absolute atomic E-state index is 9.97. The molecule has 60 valence electrons. The maximum atomic E-state index is 9.97. The zero-order valence-electron chi connectivity index (χ0n) is 5.46. The number of rotatable bonds is 3. The van der Waals surface area contributed by atoms with Gasteiger partial charge in [0.05, 0.1) is 15.2 Å². The van der Waals surface area contributed by atoms with Gasteiger partial charge in [0, 0.05) is 11.5 Å². The van der Waals surface area contributed by atoms with Crippen molar-refractivity contribution in [2.45, 2.75) is 6.92 Å². The first kappa shape index (κ1) is 9.93. The van der Waals surface area contributed by atoms with Gasteiger partial charge >= 0.3 is 0 Å². The lowest BCUT2D eigenvalue weighted by molar-refractivity contribution is 0.465. The molecule has 6 heteroatoms. The van der Waals surface area contributed by atoms with Crippen molar-refractivity contribution in [3.8, 4) is 0 Å². The first-order valence-corrected chi connectivity index (χ1v) is 5.09. The molecule has 4 nitrogen and oxygen atoms in total. The van der Waals surface area contributed by atoms with E-state index in [4.69, 9.17) is 5.41 Å². The molecular weight excluding hydrogens is 174 g/mol. The standard InChI is InChI=1S/C4H9NO3S2/c1-4(5)9-2-3-10(6,7)8/h5H,2-3H2,1H3,(H,6,7,8)/p-1. The van der Waals surface area contributed by atoms with Gasteiger partial charge in [-0.25, -0.2) is 8.42 Å². The molecule has 0 aromatic heterocycles. The molecule has 1 N–H and O–H groups in total. The largest absolute Gasteiger partial charge is 0.748 e. The first-order chi connectivity index (χ1) is 4.42. The number of nitrogens with one attached hydrogen (secondary N) is 1. The van der Waals surface area contributed by atoms with Gasteiger partial charge in [-0.1, -0.05) is 0 Å². The van der Waals surface area contributed by atoms with Crippen LogP contribution in [0.2, 0.25) is 0 Å². The van der Waals surface area contributed by atoms with Crippen LogP contribution in [-0.2, 0) is 10.1 Å². The second kappa shape index (κ2) is 3.95. The molecule has 0 amide bonds. The van der Waals surface area contributed by atoms with Crippen molar-refractivity contribution in [1.82, 2.24) is 0 Å². The number of thioether (sulfide) groups is 1.